The predicted octanol–water partition coefficient (Wildman–Crippen LogP) is 4.52. The van der Waals surface area contributed by atoms with Crippen LogP contribution in [0.25, 0.3) is 21.8 Å². The molecule has 0 spiro atoms. The number of aryl methyl sites for hydroxylation is 2. The molecule has 1 aliphatic heterocycles. The van der Waals surface area contributed by atoms with Gasteiger partial charge in [-0.2, -0.15) is 0 Å². The number of Topliss-reactive ketones (excluding diaryl/α,β-unsaturated/α-hetero) is 1. The number of ketones is 2. The van der Waals surface area contributed by atoms with Gasteiger partial charge in [0, 0.05) is 58.1 Å². The summed E-state index contributed by atoms with van der Waals surface area (Å²) in [5.74, 6) is -0.0000470. The van der Waals surface area contributed by atoms with E-state index >= 15 is 0 Å². The van der Waals surface area contributed by atoms with Crippen molar-refractivity contribution in [3.63, 3.8) is 0 Å². The summed E-state index contributed by atoms with van der Waals surface area (Å²) in [5.41, 5.74) is 5.08. The van der Waals surface area contributed by atoms with E-state index in [9.17, 15) is 9.59 Å². The van der Waals surface area contributed by atoms with Crippen LogP contribution in [0.15, 0.2) is 60.7 Å². The summed E-state index contributed by atoms with van der Waals surface area (Å²) >= 11 is 0. The molecule has 162 valence electrons. The van der Waals surface area contributed by atoms with Crippen molar-refractivity contribution in [2.75, 3.05) is 19.7 Å². The van der Waals surface area contributed by atoms with E-state index in [-0.39, 0.29) is 11.6 Å². The van der Waals surface area contributed by atoms with Gasteiger partial charge in [0.2, 0.25) is 0 Å². The average molecular weight is 427 g/mol. The lowest BCUT2D eigenvalue weighted by Crippen LogP contribution is -2.43. The third kappa shape index (κ3) is 3.44. The lowest BCUT2D eigenvalue weighted by Gasteiger charge is -2.22. The maximum absolute atomic E-state index is 13.2. The summed E-state index contributed by atoms with van der Waals surface area (Å²) < 4.78 is 7.89. The summed E-state index contributed by atoms with van der Waals surface area (Å²) in [6.45, 7) is 6.69. The van der Waals surface area contributed by atoms with Crippen LogP contribution in [0.5, 0.6) is 0 Å². The van der Waals surface area contributed by atoms with E-state index in [0.717, 1.165) is 40.5 Å². The molecule has 2 heterocycles. The number of carbonyl (C=O) groups is 2. The Labute approximate surface area is 187 Å². The largest absolute Gasteiger partial charge is 0.367 e. The Balaban J connectivity index is 1.63. The van der Waals surface area contributed by atoms with Crippen molar-refractivity contribution < 1.29 is 14.3 Å². The van der Waals surface area contributed by atoms with Crippen molar-refractivity contribution in [1.29, 1.82) is 0 Å². The number of ether oxygens (including phenoxy) is 1. The summed E-state index contributed by atoms with van der Waals surface area (Å²) in [7, 11) is 0. The Kier molecular flexibility index (Phi) is 5.37. The van der Waals surface area contributed by atoms with Crippen molar-refractivity contribution >= 4 is 33.4 Å². The number of rotatable bonds is 5. The molecule has 1 N–H and O–H groups in total. The third-order valence-electron chi connectivity index (χ3n) is 6.34. The molecule has 0 saturated carbocycles. The third-order valence-corrected chi connectivity index (χ3v) is 6.34. The average Bonchev–Trinajstić information content (AvgIpc) is 3.16. The summed E-state index contributed by atoms with van der Waals surface area (Å²) in [5, 5.41) is 5.19. The fourth-order valence-electron chi connectivity index (χ4n) is 4.64. The number of benzene rings is 3. The molecule has 0 aliphatic carbocycles. The molecule has 5 heteroatoms. The zero-order valence-electron chi connectivity index (χ0n) is 18.4. The Bertz CT molecular complexity index is 1350. The number of nitrogens with zero attached hydrogens (tertiary/aromatic N) is 1. The Morgan fingerprint density at radius 2 is 1.69 bits per heavy atom. The minimum absolute atomic E-state index is 0.0105. The second-order valence-corrected chi connectivity index (χ2v) is 8.28. The van der Waals surface area contributed by atoms with E-state index in [1.807, 2.05) is 67.6 Å². The van der Waals surface area contributed by atoms with Gasteiger partial charge in [-0.05, 0) is 55.8 Å². The highest BCUT2D eigenvalue weighted by atomic mass is 16.5. The van der Waals surface area contributed by atoms with Gasteiger partial charge in [0.05, 0.1) is 6.61 Å². The van der Waals surface area contributed by atoms with Crippen molar-refractivity contribution in [3.05, 3.63) is 82.9 Å². The second-order valence-electron chi connectivity index (χ2n) is 8.28. The van der Waals surface area contributed by atoms with Gasteiger partial charge in [-0.1, -0.05) is 24.3 Å². The van der Waals surface area contributed by atoms with Crippen molar-refractivity contribution in [2.45, 2.75) is 26.5 Å². The molecular formula is C27H26N2O3. The van der Waals surface area contributed by atoms with Crippen LogP contribution in [0, 0.1) is 6.92 Å². The number of hydrogen-bond donors (Lipinski definition) is 1. The molecular weight excluding hydrogens is 400 g/mol. The Hall–Kier alpha value is -3.28. The maximum Gasteiger partial charge on any atom is 0.193 e. The zero-order valence-corrected chi connectivity index (χ0v) is 18.4. The number of morpholine rings is 1. The molecule has 1 fully saturated rings. The molecule has 4 aromatic rings. The molecule has 0 radical (unpaired) electrons. The van der Waals surface area contributed by atoms with Gasteiger partial charge in [0.15, 0.2) is 11.6 Å². The van der Waals surface area contributed by atoms with Crippen molar-refractivity contribution in [1.82, 2.24) is 9.88 Å². The lowest BCUT2D eigenvalue weighted by atomic mass is 9.97. The highest BCUT2D eigenvalue weighted by Gasteiger charge is 2.24. The first-order valence-electron chi connectivity index (χ1n) is 11.1. The molecule has 3 aromatic carbocycles. The van der Waals surface area contributed by atoms with Gasteiger partial charge in [0.25, 0.3) is 0 Å². The molecule has 0 bridgehead atoms. The SMILES string of the molecule is CCn1c2ccc(C(=O)c3ccccc3C)cc2c2cc(C(=O)C3CNCCO3)ccc21. The van der Waals surface area contributed by atoms with Crippen molar-refractivity contribution in [2.24, 2.45) is 0 Å². The first kappa shape index (κ1) is 20.6. The molecule has 5 rings (SSSR count). The smallest absolute Gasteiger partial charge is 0.193 e. The minimum atomic E-state index is -0.459. The summed E-state index contributed by atoms with van der Waals surface area (Å²) in [6, 6.07) is 19.4. The molecule has 32 heavy (non-hydrogen) atoms. The highest BCUT2D eigenvalue weighted by molar-refractivity contribution is 6.16. The van der Waals surface area contributed by atoms with Gasteiger partial charge in [-0.3, -0.25) is 9.59 Å². The highest BCUT2D eigenvalue weighted by Crippen LogP contribution is 2.32. The van der Waals surface area contributed by atoms with Gasteiger partial charge >= 0.3 is 0 Å². The quantitative estimate of drug-likeness (QED) is 0.477. The summed E-state index contributed by atoms with van der Waals surface area (Å²) in [4.78, 5) is 26.2. The van der Waals surface area contributed by atoms with E-state index in [0.29, 0.717) is 29.8 Å². The van der Waals surface area contributed by atoms with Crippen LogP contribution in [-0.2, 0) is 11.3 Å². The normalized spacial score (nSPS) is 16.5. The second kappa shape index (κ2) is 8.34. The van der Waals surface area contributed by atoms with Crippen molar-refractivity contribution in [3.8, 4) is 0 Å². The molecule has 0 amide bonds. The number of nitrogens with one attached hydrogen (secondary N) is 1. The standard InChI is InChI=1S/C27H26N2O3/c1-3-29-23-10-8-18(26(30)20-7-5-4-6-17(20)2)14-21(23)22-15-19(9-11-24(22)29)27(31)25-16-28-12-13-32-25/h4-11,14-15,25,28H,3,12-13,16H2,1-2H3. The van der Waals surface area contributed by atoms with E-state index in [4.69, 9.17) is 4.74 Å². The number of fused-ring (bicyclic) bond motifs is 3. The van der Waals surface area contributed by atoms with E-state index in [2.05, 4.69) is 16.8 Å². The first-order chi connectivity index (χ1) is 15.6. The number of aromatic nitrogens is 1. The number of hydrogen-bond acceptors (Lipinski definition) is 4. The fraction of sp³-hybridized carbons (Fsp3) is 0.259. The van der Waals surface area contributed by atoms with Crippen LogP contribution < -0.4 is 5.32 Å². The number of carbonyl (C=O) groups excluding carboxylic acids is 2. The van der Waals surface area contributed by atoms with Crippen LogP contribution in [0.4, 0.5) is 0 Å². The van der Waals surface area contributed by atoms with Crippen LogP contribution in [0.1, 0.15) is 38.8 Å². The van der Waals surface area contributed by atoms with Crippen LogP contribution in [0.3, 0.4) is 0 Å². The minimum Gasteiger partial charge on any atom is -0.367 e. The fourth-order valence-corrected chi connectivity index (χ4v) is 4.64. The van der Waals surface area contributed by atoms with Gasteiger partial charge in [-0.15, -0.1) is 0 Å². The topological polar surface area (TPSA) is 60.3 Å². The zero-order chi connectivity index (χ0) is 22.2. The lowest BCUT2D eigenvalue weighted by molar-refractivity contribution is 0.0269. The molecule has 1 atom stereocenters. The van der Waals surface area contributed by atoms with E-state index in [1.165, 1.54) is 0 Å². The first-order valence-corrected chi connectivity index (χ1v) is 11.1. The molecule has 1 unspecified atom stereocenters. The molecule has 1 aromatic heterocycles. The Morgan fingerprint density at radius 1 is 1.00 bits per heavy atom. The van der Waals surface area contributed by atoms with Gasteiger partial charge in [0.1, 0.15) is 6.10 Å². The monoisotopic (exact) mass is 426 g/mol. The molecule has 1 saturated heterocycles. The molecule has 1 aliphatic rings. The maximum atomic E-state index is 13.2. The van der Waals surface area contributed by atoms with Crippen LogP contribution in [-0.4, -0.2) is 41.9 Å². The summed E-state index contributed by atoms with van der Waals surface area (Å²) in [6.07, 6.45) is -0.459. The van der Waals surface area contributed by atoms with Gasteiger partial charge < -0.3 is 14.6 Å². The predicted molar refractivity (Wildman–Crippen MR) is 127 cm³/mol. The van der Waals surface area contributed by atoms with Gasteiger partial charge in [-0.25, -0.2) is 0 Å². The van der Waals surface area contributed by atoms with Crippen LogP contribution in [0.2, 0.25) is 0 Å². The van der Waals surface area contributed by atoms with Crippen LogP contribution >= 0.6 is 0 Å². The van der Waals surface area contributed by atoms with E-state index < -0.39 is 6.10 Å². The Morgan fingerprint density at radius 3 is 2.34 bits per heavy atom. The van der Waals surface area contributed by atoms with E-state index in [1.54, 1.807) is 0 Å². The molecule has 5 nitrogen and oxygen atoms in total.